The monoisotopic (exact) mass is 483 g/mol. The molecule has 0 atom stereocenters. The fraction of sp³-hybridized carbons (Fsp3) is 0.261. The second-order valence-corrected chi connectivity index (χ2v) is 10.7. The number of fused-ring (bicyclic) bond motifs is 2. The summed E-state index contributed by atoms with van der Waals surface area (Å²) in [5, 5.41) is 7.29. The van der Waals surface area contributed by atoms with E-state index in [1.165, 1.54) is 17.0 Å². The van der Waals surface area contributed by atoms with Crippen LogP contribution in [0.3, 0.4) is 0 Å². The molecule has 0 bridgehead atoms. The van der Waals surface area contributed by atoms with Gasteiger partial charge >= 0.3 is 6.03 Å². The summed E-state index contributed by atoms with van der Waals surface area (Å²) < 4.78 is 39.3. The average molecular weight is 484 g/mol. The van der Waals surface area contributed by atoms with Crippen molar-refractivity contribution in [1.29, 1.82) is 0 Å². The number of amides is 3. The molecule has 0 unspecified atom stereocenters. The Bertz CT molecular complexity index is 1440. The van der Waals surface area contributed by atoms with Crippen LogP contribution in [0.1, 0.15) is 32.7 Å². The van der Waals surface area contributed by atoms with Gasteiger partial charge < -0.3 is 16.0 Å². The normalized spacial score (nSPS) is 16.1. The molecule has 0 saturated carbocycles. The van der Waals surface area contributed by atoms with Gasteiger partial charge in [0.05, 0.1) is 35.9 Å². The SMILES string of the molecule is Cc1cc(F)cc(-c2nn3c(c2C(N)=O)CN(C(=O)Nc2ccc4c(c2)CS(=O)(=O)C4)CC3)c1. The topological polar surface area (TPSA) is 127 Å². The molecule has 11 heteroatoms. The number of urea groups is 1. The van der Waals surface area contributed by atoms with E-state index in [0.29, 0.717) is 41.2 Å². The molecular weight excluding hydrogens is 461 g/mol. The Morgan fingerprint density at radius 3 is 2.59 bits per heavy atom. The highest BCUT2D eigenvalue weighted by molar-refractivity contribution is 7.90. The van der Waals surface area contributed by atoms with E-state index in [9.17, 15) is 22.4 Å². The van der Waals surface area contributed by atoms with Crippen LogP contribution in [0.25, 0.3) is 11.3 Å². The van der Waals surface area contributed by atoms with Crippen LogP contribution in [0.5, 0.6) is 0 Å². The summed E-state index contributed by atoms with van der Waals surface area (Å²) in [7, 11) is -3.14. The predicted molar refractivity (Wildman–Crippen MR) is 123 cm³/mol. The zero-order valence-corrected chi connectivity index (χ0v) is 19.2. The van der Waals surface area contributed by atoms with Crippen LogP contribution in [0, 0.1) is 12.7 Å². The minimum absolute atomic E-state index is 0.00966. The largest absolute Gasteiger partial charge is 0.365 e. The van der Waals surface area contributed by atoms with Gasteiger partial charge in [-0.05, 0) is 53.9 Å². The first-order chi connectivity index (χ1) is 16.1. The number of halogens is 1. The van der Waals surface area contributed by atoms with Crippen LogP contribution in [0.2, 0.25) is 0 Å². The first-order valence-electron chi connectivity index (χ1n) is 10.6. The lowest BCUT2D eigenvalue weighted by atomic mass is 10.0. The maximum Gasteiger partial charge on any atom is 0.322 e. The highest BCUT2D eigenvalue weighted by Gasteiger charge is 2.30. The van der Waals surface area contributed by atoms with Crippen molar-refractivity contribution < 1.29 is 22.4 Å². The zero-order chi connectivity index (χ0) is 24.2. The Labute approximate surface area is 195 Å². The van der Waals surface area contributed by atoms with E-state index in [4.69, 9.17) is 5.73 Å². The van der Waals surface area contributed by atoms with Crippen molar-refractivity contribution in [1.82, 2.24) is 14.7 Å². The van der Waals surface area contributed by atoms with Crippen LogP contribution in [0.4, 0.5) is 14.9 Å². The molecule has 3 amide bonds. The number of carbonyl (C=O) groups is 2. The maximum absolute atomic E-state index is 14.0. The Hall–Kier alpha value is -3.73. The van der Waals surface area contributed by atoms with Gasteiger partial charge in [-0.1, -0.05) is 6.07 Å². The van der Waals surface area contributed by atoms with Crippen LogP contribution < -0.4 is 11.1 Å². The van der Waals surface area contributed by atoms with E-state index in [2.05, 4.69) is 10.4 Å². The summed E-state index contributed by atoms with van der Waals surface area (Å²) >= 11 is 0. The van der Waals surface area contributed by atoms with Crippen molar-refractivity contribution in [2.24, 2.45) is 5.73 Å². The van der Waals surface area contributed by atoms with E-state index in [1.54, 1.807) is 35.9 Å². The molecule has 2 aliphatic heterocycles. The summed E-state index contributed by atoms with van der Waals surface area (Å²) in [6.45, 7) is 2.50. The number of nitrogens with two attached hydrogens (primary N) is 1. The number of carbonyl (C=O) groups excluding carboxylic acids is 2. The number of anilines is 1. The maximum atomic E-state index is 14.0. The van der Waals surface area contributed by atoms with Crippen molar-refractivity contribution in [3.05, 3.63) is 70.2 Å². The van der Waals surface area contributed by atoms with Crippen molar-refractivity contribution in [2.75, 3.05) is 11.9 Å². The molecule has 34 heavy (non-hydrogen) atoms. The molecule has 0 radical (unpaired) electrons. The Kier molecular flexibility index (Phi) is 5.16. The molecular formula is C23H22FN5O4S. The molecule has 2 aromatic carbocycles. The molecule has 9 nitrogen and oxygen atoms in total. The zero-order valence-electron chi connectivity index (χ0n) is 18.3. The molecule has 3 aromatic rings. The fourth-order valence-corrected chi connectivity index (χ4v) is 6.13. The van der Waals surface area contributed by atoms with Gasteiger partial charge in [0.15, 0.2) is 9.84 Å². The van der Waals surface area contributed by atoms with Crippen molar-refractivity contribution >= 4 is 27.5 Å². The smallest absolute Gasteiger partial charge is 0.322 e. The standard InChI is InChI=1S/C23H22FN5O4S/c1-13-6-15(8-17(24)7-13)21-20(22(25)30)19-10-28(4-5-29(19)27-21)23(31)26-18-3-2-14-11-34(32,33)12-16(14)9-18/h2-3,6-9H,4-5,10-12H2,1H3,(H2,25,30)(H,26,31). The van der Waals surface area contributed by atoms with E-state index in [1.807, 2.05) is 0 Å². The molecule has 0 saturated heterocycles. The first kappa shape index (κ1) is 22.1. The van der Waals surface area contributed by atoms with Crippen molar-refractivity contribution in [3.63, 3.8) is 0 Å². The van der Waals surface area contributed by atoms with Gasteiger partial charge in [0.1, 0.15) is 11.5 Å². The number of aromatic nitrogens is 2. The van der Waals surface area contributed by atoms with Crippen LogP contribution >= 0.6 is 0 Å². The number of sulfone groups is 1. The lowest BCUT2D eigenvalue weighted by molar-refractivity contribution is 0.0997. The van der Waals surface area contributed by atoms with E-state index in [0.717, 1.165) is 5.56 Å². The van der Waals surface area contributed by atoms with Gasteiger partial charge in [0.2, 0.25) is 0 Å². The van der Waals surface area contributed by atoms with Gasteiger partial charge in [0, 0.05) is 17.8 Å². The van der Waals surface area contributed by atoms with E-state index in [-0.39, 0.29) is 29.3 Å². The summed E-state index contributed by atoms with van der Waals surface area (Å²) in [4.78, 5) is 26.8. The first-order valence-corrected chi connectivity index (χ1v) is 12.5. The van der Waals surface area contributed by atoms with Crippen LogP contribution in [0.15, 0.2) is 36.4 Å². The molecule has 176 valence electrons. The van der Waals surface area contributed by atoms with Gasteiger partial charge in [-0.3, -0.25) is 9.48 Å². The average Bonchev–Trinajstić information content (AvgIpc) is 3.28. The van der Waals surface area contributed by atoms with Gasteiger partial charge in [-0.15, -0.1) is 0 Å². The van der Waals surface area contributed by atoms with Gasteiger partial charge in [-0.25, -0.2) is 17.6 Å². The summed E-state index contributed by atoms with van der Waals surface area (Å²) in [6.07, 6.45) is 0. The number of benzene rings is 2. The lowest BCUT2D eigenvalue weighted by Gasteiger charge is -2.28. The number of hydrogen-bond donors (Lipinski definition) is 2. The molecule has 5 rings (SSSR count). The third kappa shape index (κ3) is 4.03. The molecule has 0 fully saturated rings. The quantitative estimate of drug-likeness (QED) is 0.592. The summed E-state index contributed by atoms with van der Waals surface area (Å²) in [5.74, 6) is -1.19. The number of rotatable bonds is 3. The predicted octanol–water partition coefficient (Wildman–Crippen LogP) is 2.57. The summed E-state index contributed by atoms with van der Waals surface area (Å²) in [5.41, 5.74) is 9.62. The van der Waals surface area contributed by atoms with E-state index >= 15 is 0 Å². The lowest BCUT2D eigenvalue weighted by Crippen LogP contribution is -2.41. The fourth-order valence-electron chi connectivity index (χ4n) is 4.53. The van der Waals surface area contributed by atoms with Crippen molar-refractivity contribution in [2.45, 2.75) is 31.5 Å². The molecule has 2 aliphatic rings. The number of primary amides is 1. The molecule has 0 spiro atoms. The highest BCUT2D eigenvalue weighted by Crippen LogP contribution is 2.30. The number of nitrogens with zero attached hydrogens (tertiary/aromatic N) is 3. The molecule has 1 aromatic heterocycles. The number of aryl methyl sites for hydroxylation is 1. The minimum atomic E-state index is -3.14. The second-order valence-electron chi connectivity index (χ2n) is 8.64. The molecule has 3 N–H and O–H groups in total. The number of nitrogens with one attached hydrogen (secondary N) is 1. The van der Waals surface area contributed by atoms with Gasteiger partial charge in [0.25, 0.3) is 5.91 Å². The van der Waals surface area contributed by atoms with Crippen LogP contribution in [-0.2, 0) is 34.4 Å². The van der Waals surface area contributed by atoms with Gasteiger partial charge in [-0.2, -0.15) is 5.10 Å². The molecule has 3 heterocycles. The Balaban J connectivity index is 1.40. The van der Waals surface area contributed by atoms with Crippen molar-refractivity contribution in [3.8, 4) is 11.3 Å². The highest BCUT2D eigenvalue weighted by atomic mass is 32.2. The van der Waals surface area contributed by atoms with Crippen LogP contribution in [-0.4, -0.2) is 41.6 Å². The Morgan fingerprint density at radius 1 is 1.09 bits per heavy atom. The van der Waals surface area contributed by atoms with E-state index < -0.39 is 27.6 Å². The Morgan fingerprint density at radius 2 is 1.85 bits per heavy atom. The third-order valence-electron chi connectivity index (χ3n) is 6.04. The summed E-state index contributed by atoms with van der Waals surface area (Å²) in [6, 6.07) is 9.06. The second kappa shape index (κ2) is 7.94. The third-order valence-corrected chi connectivity index (χ3v) is 7.54. The minimum Gasteiger partial charge on any atom is -0.365 e. The number of hydrogen-bond acceptors (Lipinski definition) is 5. The molecule has 0 aliphatic carbocycles.